The Balaban J connectivity index is 1.70. The lowest BCUT2D eigenvalue weighted by atomic mass is 10.3. The van der Waals surface area contributed by atoms with E-state index in [2.05, 4.69) is 22.5 Å². The Morgan fingerprint density at radius 3 is 2.52 bits per heavy atom. The second-order valence-corrected chi connectivity index (χ2v) is 5.64. The molecule has 27 heavy (non-hydrogen) atoms. The molecule has 2 aromatic rings. The molecule has 0 aromatic heterocycles. The molecule has 1 atom stereocenters. The van der Waals surface area contributed by atoms with E-state index in [9.17, 15) is 9.59 Å². The molecule has 0 bridgehead atoms. The smallest absolute Gasteiger partial charge is 0.261 e. The Morgan fingerprint density at radius 1 is 1.04 bits per heavy atom. The van der Waals surface area contributed by atoms with Crippen molar-refractivity contribution < 1.29 is 19.1 Å². The highest BCUT2D eigenvalue weighted by atomic mass is 16.5. The van der Waals surface area contributed by atoms with E-state index in [1.165, 1.54) is 6.92 Å². The molecule has 0 spiro atoms. The first-order valence-corrected chi connectivity index (χ1v) is 8.50. The summed E-state index contributed by atoms with van der Waals surface area (Å²) >= 11 is 0. The van der Waals surface area contributed by atoms with Gasteiger partial charge in [-0.25, -0.2) is 0 Å². The summed E-state index contributed by atoms with van der Waals surface area (Å²) in [6.45, 7) is 3.51. The molecule has 0 saturated carbocycles. The summed E-state index contributed by atoms with van der Waals surface area (Å²) in [5.41, 5.74) is 0.660. The average Bonchev–Trinajstić information content (AvgIpc) is 2.65. The number of amides is 2. The fourth-order valence-corrected chi connectivity index (χ4v) is 2.13. The summed E-state index contributed by atoms with van der Waals surface area (Å²) in [5.74, 6) is 6.50. The van der Waals surface area contributed by atoms with Gasteiger partial charge in [0, 0.05) is 18.7 Å². The van der Waals surface area contributed by atoms with Crippen LogP contribution in [0.4, 0.5) is 5.69 Å². The van der Waals surface area contributed by atoms with Gasteiger partial charge >= 0.3 is 0 Å². The van der Waals surface area contributed by atoms with Gasteiger partial charge < -0.3 is 20.1 Å². The average molecular weight is 366 g/mol. The van der Waals surface area contributed by atoms with E-state index in [1.54, 1.807) is 43.3 Å². The number of carbonyl (C=O) groups is 2. The Labute approximate surface area is 158 Å². The molecule has 140 valence electrons. The van der Waals surface area contributed by atoms with Crippen LogP contribution in [-0.4, -0.2) is 31.1 Å². The van der Waals surface area contributed by atoms with Crippen LogP contribution < -0.4 is 20.1 Å². The van der Waals surface area contributed by atoms with Crippen LogP contribution >= 0.6 is 0 Å². The van der Waals surface area contributed by atoms with Crippen LogP contribution in [0.15, 0.2) is 54.6 Å². The number of hydrogen-bond acceptors (Lipinski definition) is 4. The molecule has 0 heterocycles. The zero-order chi connectivity index (χ0) is 19.5. The third-order valence-corrected chi connectivity index (χ3v) is 3.37. The summed E-state index contributed by atoms with van der Waals surface area (Å²) in [5, 5.41) is 5.37. The summed E-state index contributed by atoms with van der Waals surface area (Å²) in [7, 11) is 0. The first kappa shape index (κ1) is 19.9. The molecular formula is C21H22N2O4. The van der Waals surface area contributed by atoms with Crippen molar-refractivity contribution in [3.8, 4) is 23.3 Å². The molecule has 0 saturated heterocycles. The van der Waals surface area contributed by atoms with E-state index >= 15 is 0 Å². The van der Waals surface area contributed by atoms with Gasteiger partial charge in [-0.3, -0.25) is 9.59 Å². The standard InChI is InChI=1S/C21H22N2O4/c1-16(27-19-10-4-3-5-11-19)21(25)22-13-6-7-14-26-20-12-8-9-18(15-20)23-17(2)24/h3-5,8-12,15-16H,13-14H2,1-2H3,(H,22,25)(H,23,24). The minimum absolute atomic E-state index is 0.145. The van der Waals surface area contributed by atoms with Gasteiger partial charge in [0.05, 0.1) is 6.54 Å². The van der Waals surface area contributed by atoms with Gasteiger partial charge in [-0.2, -0.15) is 0 Å². The second kappa shape index (κ2) is 10.5. The molecule has 2 amide bonds. The van der Waals surface area contributed by atoms with E-state index < -0.39 is 6.10 Å². The van der Waals surface area contributed by atoms with Gasteiger partial charge in [-0.15, -0.1) is 0 Å². The largest absolute Gasteiger partial charge is 0.481 e. The van der Waals surface area contributed by atoms with Gasteiger partial charge in [-0.1, -0.05) is 36.1 Å². The molecule has 6 heteroatoms. The van der Waals surface area contributed by atoms with Gasteiger partial charge in [0.25, 0.3) is 5.91 Å². The minimum atomic E-state index is -0.609. The number of rotatable bonds is 7. The van der Waals surface area contributed by atoms with Crippen molar-refractivity contribution in [1.82, 2.24) is 5.32 Å². The fourth-order valence-electron chi connectivity index (χ4n) is 2.13. The number of nitrogens with one attached hydrogen (secondary N) is 2. The maximum atomic E-state index is 12.0. The van der Waals surface area contributed by atoms with E-state index in [4.69, 9.17) is 9.47 Å². The van der Waals surface area contributed by atoms with E-state index in [0.29, 0.717) is 17.2 Å². The van der Waals surface area contributed by atoms with Crippen LogP contribution in [0.3, 0.4) is 0 Å². The van der Waals surface area contributed by atoms with Crippen molar-refractivity contribution in [2.45, 2.75) is 20.0 Å². The predicted octanol–water partition coefficient (Wildman–Crippen LogP) is 2.61. The Kier molecular flexibility index (Phi) is 7.73. The molecular weight excluding hydrogens is 344 g/mol. The minimum Gasteiger partial charge on any atom is -0.481 e. The number of benzene rings is 2. The molecule has 2 aromatic carbocycles. The van der Waals surface area contributed by atoms with Crippen molar-refractivity contribution in [3.05, 3.63) is 54.6 Å². The third kappa shape index (κ3) is 7.53. The summed E-state index contributed by atoms with van der Waals surface area (Å²) in [6.07, 6.45) is -0.609. The Morgan fingerprint density at radius 2 is 1.78 bits per heavy atom. The Bertz CT molecular complexity index is 825. The third-order valence-electron chi connectivity index (χ3n) is 3.37. The van der Waals surface area contributed by atoms with Crippen LogP contribution in [-0.2, 0) is 9.59 Å². The molecule has 0 aliphatic rings. The van der Waals surface area contributed by atoms with Crippen LogP contribution in [0.1, 0.15) is 13.8 Å². The zero-order valence-electron chi connectivity index (χ0n) is 15.3. The van der Waals surface area contributed by atoms with Crippen LogP contribution in [0.2, 0.25) is 0 Å². The van der Waals surface area contributed by atoms with Crippen LogP contribution in [0.5, 0.6) is 11.5 Å². The van der Waals surface area contributed by atoms with Crippen LogP contribution in [0.25, 0.3) is 0 Å². The monoisotopic (exact) mass is 366 g/mol. The number of ether oxygens (including phenoxy) is 2. The predicted molar refractivity (Wildman–Crippen MR) is 104 cm³/mol. The molecule has 1 unspecified atom stereocenters. The Hall–Kier alpha value is -3.46. The molecule has 0 radical (unpaired) electrons. The molecule has 2 rings (SSSR count). The molecule has 0 aliphatic heterocycles. The molecule has 0 aliphatic carbocycles. The summed E-state index contributed by atoms with van der Waals surface area (Å²) < 4.78 is 11.0. The lowest BCUT2D eigenvalue weighted by Gasteiger charge is -2.13. The SMILES string of the molecule is CC(=O)Nc1cccc(OCC#CCNC(=O)C(C)Oc2ccccc2)c1. The normalized spacial score (nSPS) is 10.7. The van der Waals surface area contributed by atoms with Gasteiger partial charge in [0.15, 0.2) is 6.10 Å². The lowest BCUT2D eigenvalue weighted by molar-refractivity contribution is -0.127. The highest BCUT2D eigenvalue weighted by molar-refractivity contribution is 5.88. The zero-order valence-corrected chi connectivity index (χ0v) is 15.3. The number of anilines is 1. The molecule has 2 N–H and O–H groups in total. The second-order valence-electron chi connectivity index (χ2n) is 5.64. The van der Waals surface area contributed by atoms with Gasteiger partial charge in [0.1, 0.15) is 18.1 Å². The van der Waals surface area contributed by atoms with Crippen molar-refractivity contribution >= 4 is 17.5 Å². The topological polar surface area (TPSA) is 76.7 Å². The number of carbonyl (C=O) groups excluding carboxylic acids is 2. The first-order valence-electron chi connectivity index (χ1n) is 8.50. The molecule has 6 nitrogen and oxygen atoms in total. The van der Waals surface area contributed by atoms with Crippen molar-refractivity contribution in [1.29, 1.82) is 0 Å². The number of hydrogen-bond donors (Lipinski definition) is 2. The van der Waals surface area contributed by atoms with Gasteiger partial charge in [-0.05, 0) is 31.2 Å². The lowest BCUT2D eigenvalue weighted by Crippen LogP contribution is -2.36. The highest BCUT2D eigenvalue weighted by Crippen LogP contribution is 2.17. The van der Waals surface area contributed by atoms with Gasteiger partial charge in [0.2, 0.25) is 5.91 Å². The van der Waals surface area contributed by atoms with E-state index in [-0.39, 0.29) is 25.0 Å². The van der Waals surface area contributed by atoms with Crippen molar-refractivity contribution in [2.24, 2.45) is 0 Å². The molecule has 0 fully saturated rings. The van der Waals surface area contributed by atoms with Crippen molar-refractivity contribution in [2.75, 3.05) is 18.5 Å². The summed E-state index contributed by atoms with van der Waals surface area (Å²) in [4.78, 5) is 23.0. The van der Waals surface area contributed by atoms with Crippen LogP contribution in [0, 0.1) is 11.8 Å². The fraction of sp³-hybridized carbons (Fsp3) is 0.238. The summed E-state index contributed by atoms with van der Waals surface area (Å²) in [6, 6.07) is 16.2. The van der Waals surface area contributed by atoms with E-state index in [1.807, 2.05) is 18.2 Å². The van der Waals surface area contributed by atoms with Crippen molar-refractivity contribution in [3.63, 3.8) is 0 Å². The maximum absolute atomic E-state index is 12.0. The maximum Gasteiger partial charge on any atom is 0.261 e. The quantitative estimate of drug-likeness (QED) is 0.739. The first-order chi connectivity index (χ1) is 13.0. The number of para-hydroxylation sites is 1. The van der Waals surface area contributed by atoms with E-state index in [0.717, 1.165) is 0 Å². The highest BCUT2D eigenvalue weighted by Gasteiger charge is 2.13.